The molecule has 1 aromatic carbocycles. The van der Waals surface area contributed by atoms with E-state index in [1.807, 2.05) is 4.99 Å². The molecule has 0 bridgehead atoms. The van der Waals surface area contributed by atoms with Crippen molar-refractivity contribution in [3.63, 3.8) is 0 Å². The maximum absolute atomic E-state index is 5.73. The van der Waals surface area contributed by atoms with E-state index < -0.39 is 0 Å². The smallest absolute Gasteiger partial charge is 0.0862 e. The summed E-state index contributed by atoms with van der Waals surface area (Å²) in [4.78, 5) is 1.90. The van der Waals surface area contributed by atoms with Gasteiger partial charge >= 0.3 is 0 Å². The summed E-state index contributed by atoms with van der Waals surface area (Å²) >= 11 is 3.28. The lowest BCUT2D eigenvalue weighted by molar-refractivity contribution is 0.0445. The molecule has 2 rings (SSSR count). The van der Waals surface area contributed by atoms with Crippen molar-refractivity contribution in [3.05, 3.63) is 46.5 Å². The highest BCUT2D eigenvalue weighted by molar-refractivity contribution is 9.11. The van der Waals surface area contributed by atoms with Gasteiger partial charge in [0, 0.05) is 0 Å². The molecule has 1 nitrogen and oxygen atoms in total. The van der Waals surface area contributed by atoms with Crippen LogP contribution in [0.15, 0.2) is 35.3 Å². The van der Waals surface area contributed by atoms with Gasteiger partial charge < -0.3 is 4.74 Å². The van der Waals surface area contributed by atoms with Crippen LogP contribution >= 0.6 is 15.9 Å². The van der Waals surface area contributed by atoms with E-state index in [2.05, 4.69) is 46.3 Å². The van der Waals surface area contributed by atoms with Crippen molar-refractivity contribution in [3.8, 4) is 0 Å². The molecular formula is C12H13BrO. The Bertz CT molecular complexity index is 333. The van der Waals surface area contributed by atoms with Gasteiger partial charge in [0.05, 0.1) is 12.7 Å². The highest BCUT2D eigenvalue weighted by atomic mass is 79.9. The third-order valence-corrected chi connectivity index (χ3v) is 2.91. The van der Waals surface area contributed by atoms with Crippen molar-refractivity contribution in [2.24, 2.45) is 0 Å². The molecule has 1 aliphatic heterocycles. The number of hydrogen-bond donors (Lipinski definition) is 0. The summed E-state index contributed by atoms with van der Waals surface area (Å²) in [5.41, 5.74) is 2.79. The Morgan fingerprint density at radius 3 is 3.14 bits per heavy atom. The normalized spacial score (nSPS) is 21.1. The van der Waals surface area contributed by atoms with Crippen LogP contribution in [-0.2, 0) is 11.2 Å². The molecule has 14 heavy (non-hydrogen) atoms. The standard InChI is InChI=1S/C12H13BrO/c13-8-3-6-12-11-5-2-1-4-10(11)7-9-14-12/h1-5,8,12H,6-7,9H2. The summed E-state index contributed by atoms with van der Waals surface area (Å²) < 4.78 is 5.73. The Kier molecular flexibility index (Phi) is 3.38. The minimum atomic E-state index is 0.244. The quantitative estimate of drug-likeness (QED) is 0.782. The van der Waals surface area contributed by atoms with Crippen LogP contribution in [0.5, 0.6) is 0 Å². The predicted octanol–water partition coefficient (Wildman–Crippen LogP) is 3.60. The highest BCUT2D eigenvalue weighted by Crippen LogP contribution is 2.29. The molecule has 0 radical (unpaired) electrons. The number of ether oxygens (including phenoxy) is 1. The summed E-state index contributed by atoms with van der Waals surface area (Å²) in [6.07, 6.45) is 4.33. The van der Waals surface area contributed by atoms with Crippen LogP contribution in [-0.4, -0.2) is 6.61 Å². The van der Waals surface area contributed by atoms with E-state index in [1.165, 1.54) is 11.1 Å². The van der Waals surface area contributed by atoms with Crippen molar-refractivity contribution in [2.75, 3.05) is 6.61 Å². The lowest BCUT2D eigenvalue weighted by Gasteiger charge is -2.25. The molecule has 2 heteroatoms. The van der Waals surface area contributed by atoms with Crippen LogP contribution in [0.3, 0.4) is 0 Å². The van der Waals surface area contributed by atoms with E-state index in [-0.39, 0.29) is 6.10 Å². The number of rotatable bonds is 2. The predicted molar refractivity (Wildman–Crippen MR) is 61.5 cm³/mol. The first-order valence-electron chi connectivity index (χ1n) is 4.86. The van der Waals surface area contributed by atoms with Gasteiger partial charge in [0.25, 0.3) is 0 Å². The first-order valence-corrected chi connectivity index (χ1v) is 5.78. The fourth-order valence-electron chi connectivity index (χ4n) is 1.85. The topological polar surface area (TPSA) is 9.23 Å². The van der Waals surface area contributed by atoms with Crippen molar-refractivity contribution in [1.82, 2.24) is 0 Å². The average Bonchev–Trinajstić information content (AvgIpc) is 2.26. The lowest BCUT2D eigenvalue weighted by atomic mass is 9.96. The number of benzene rings is 1. The van der Waals surface area contributed by atoms with Crippen LogP contribution in [0.4, 0.5) is 0 Å². The molecule has 74 valence electrons. The summed E-state index contributed by atoms with van der Waals surface area (Å²) in [6, 6.07) is 8.55. The number of halogens is 1. The Morgan fingerprint density at radius 1 is 1.43 bits per heavy atom. The molecule has 0 aromatic heterocycles. The Hall–Kier alpha value is -0.600. The molecule has 0 amide bonds. The second-order valence-electron chi connectivity index (χ2n) is 3.41. The van der Waals surface area contributed by atoms with E-state index in [1.54, 1.807) is 0 Å². The fraction of sp³-hybridized carbons (Fsp3) is 0.333. The largest absolute Gasteiger partial charge is 0.373 e. The van der Waals surface area contributed by atoms with E-state index in [9.17, 15) is 0 Å². The van der Waals surface area contributed by atoms with Crippen molar-refractivity contribution >= 4 is 15.9 Å². The molecule has 0 fully saturated rings. The van der Waals surface area contributed by atoms with Crippen LogP contribution in [0.1, 0.15) is 23.7 Å². The van der Waals surface area contributed by atoms with E-state index >= 15 is 0 Å². The minimum Gasteiger partial charge on any atom is -0.373 e. The Balaban J connectivity index is 2.22. The van der Waals surface area contributed by atoms with Crippen molar-refractivity contribution in [1.29, 1.82) is 0 Å². The number of fused-ring (bicyclic) bond motifs is 1. The van der Waals surface area contributed by atoms with Gasteiger partial charge in [-0.1, -0.05) is 46.3 Å². The highest BCUT2D eigenvalue weighted by Gasteiger charge is 2.18. The molecule has 0 spiro atoms. The lowest BCUT2D eigenvalue weighted by Crippen LogP contribution is -2.15. The summed E-state index contributed by atoms with van der Waals surface area (Å²) in [5, 5.41) is 0. The van der Waals surface area contributed by atoms with E-state index in [0.717, 1.165) is 19.4 Å². The Labute approximate surface area is 92.9 Å². The molecular weight excluding hydrogens is 240 g/mol. The van der Waals surface area contributed by atoms with E-state index in [0.29, 0.717) is 0 Å². The minimum absolute atomic E-state index is 0.244. The zero-order chi connectivity index (χ0) is 9.80. The van der Waals surface area contributed by atoms with Gasteiger partial charge in [-0.15, -0.1) is 0 Å². The molecule has 1 unspecified atom stereocenters. The summed E-state index contributed by atoms with van der Waals surface area (Å²) in [7, 11) is 0. The van der Waals surface area contributed by atoms with Gasteiger partial charge in [-0.3, -0.25) is 0 Å². The SMILES string of the molecule is BrC=CCC1OCCc2ccccc21. The second kappa shape index (κ2) is 4.76. The van der Waals surface area contributed by atoms with Gasteiger partial charge in [0.15, 0.2) is 0 Å². The van der Waals surface area contributed by atoms with Crippen molar-refractivity contribution in [2.45, 2.75) is 18.9 Å². The van der Waals surface area contributed by atoms with Crippen LogP contribution < -0.4 is 0 Å². The fourth-order valence-corrected chi connectivity index (χ4v) is 2.06. The zero-order valence-electron chi connectivity index (χ0n) is 7.95. The average molecular weight is 253 g/mol. The van der Waals surface area contributed by atoms with Crippen LogP contribution in [0.2, 0.25) is 0 Å². The molecule has 0 saturated heterocycles. The summed E-state index contributed by atoms with van der Waals surface area (Å²) in [6.45, 7) is 0.845. The zero-order valence-corrected chi connectivity index (χ0v) is 9.53. The van der Waals surface area contributed by atoms with Gasteiger partial charge in [0.1, 0.15) is 0 Å². The maximum atomic E-state index is 5.73. The van der Waals surface area contributed by atoms with Crippen LogP contribution in [0, 0.1) is 0 Å². The van der Waals surface area contributed by atoms with Gasteiger partial charge in [0.2, 0.25) is 0 Å². The molecule has 0 aliphatic carbocycles. The first kappa shape index (κ1) is 9.94. The summed E-state index contributed by atoms with van der Waals surface area (Å²) in [5.74, 6) is 0. The second-order valence-corrected chi connectivity index (χ2v) is 3.93. The van der Waals surface area contributed by atoms with Gasteiger partial charge in [-0.2, -0.15) is 0 Å². The maximum Gasteiger partial charge on any atom is 0.0862 e. The molecule has 1 atom stereocenters. The van der Waals surface area contributed by atoms with Gasteiger partial charge in [-0.25, -0.2) is 0 Å². The molecule has 0 N–H and O–H groups in total. The molecule has 1 heterocycles. The monoisotopic (exact) mass is 252 g/mol. The van der Waals surface area contributed by atoms with Crippen molar-refractivity contribution < 1.29 is 4.74 Å². The number of hydrogen-bond acceptors (Lipinski definition) is 1. The third kappa shape index (κ3) is 2.07. The third-order valence-electron chi connectivity index (χ3n) is 2.53. The van der Waals surface area contributed by atoms with Gasteiger partial charge in [-0.05, 0) is 29.0 Å². The molecule has 1 aromatic rings. The van der Waals surface area contributed by atoms with E-state index in [4.69, 9.17) is 4.74 Å². The molecule has 1 aliphatic rings. The Morgan fingerprint density at radius 2 is 2.29 bits per heavy atom. The van der Waals surface area contributed by atoms with Crippen LogP contribution in [0.25, 0.3) is 0 Å². The first-order chi connectivity index (χ1) is 6.92. The molecule has 0 saturated carbocycles.